The standard InChI is InChI=1S/C9H10BrNO3/c1-13-6-4-11(5-6)9(12)7-2-3-8(10)14-7/h2-3,6H,4-5H2,1H3. The number of furan rings is 1. The molecule has 0 saturated carbocycles. The Labute approximate surface area is 89.9 Å². The fourth-order valence-electron chi connectivity index (χ4n) is 1.34. The molecular formula is C9H10BrNO3. The molecule has 1 fully saturated rings. The predicted molar refractivity (Wildman–Crippen MR) is 53.1 cm³/mol. The molecule has 0 aliphatic carbocycles. The second-order valence-corrected chi connectivity index (χ2v) is 3.95. The van der Waals surface area contributed by atoms with Crippen LogP contribution in [0.4, 0.5) is 0 Å². The van der Waals surface area contributed by atoms with E-state index in [2.05, 4.69) is 15.9 Å². The number of likely N-dealkylation sites (tertiary alicyclic amines) is 1. The minimum Gasteiger partial charge on any atom is -0.444 e. The number of ether oxygens (including phenoxy) is 1. The molecular weight excluding hydrogens is 250 g/mol. The Morgan fingerprint density at radius 2 is 2.36 bits per heavy atom. The largest absolute Gasteiger partial charge is 0.444 e. The van der Waals surface area contributed by atoms with E-state index in [4.69, 9.17) is 9.15 Å². The third-order valence-electron chi connectivity index (χ3n) is 2.25. The monoisotopic (exact) mass is 259 g/mol. The van der Waals surface area contributed by atoms with Crippen LogP contribution in [0.5, 0.6) is 0 Å². The van der Waals surface area contributed by atoms with E-state index in [0.29, 0.717) is 23.5 Å². The molecule has 1 aromatic rings. The molecule has 2 rings (SSSR count). The SMILES string of the molecule is COC1CN(C(=O)c2ccc(Br)o2)C1. The van der Waals surface area contributed by atoms with Crippen molar-refractivity contribution in [3.8, 4) is 0 Å². The highest BCUT2D eigenvalue weighted by atomic mass is 79.9. The van der Waals surface area contributed by atoms with Crippen molar-refractivity contribution in [1.82, 2.24) is 4.90 Å². The van der Waals surface area contributed by atoms with Crippen molar-refractivity contribution in [3.63, 3.8) is 0 Å². The van der Waals surface area contributed by atoms with Crippen molar-refractivity contribution >= 4 is 21.8 Å². The average molecular weight is 260 g/mol. The van der Waals surface area contributed by atoms with Crippen LogP contribution in [0.1, 0.15) is 10.6 Å². The summed E-state index contributed by atoms with van der Waals surface area (Å²) in [6.07, 6.45) is 0.178. The van der Waals surface area contributed by atoms with Gasteiger partial charge in [0.2, 0.25) is 0 Å². The van der Waals surface area contributed by atoms with Crippen molar-refractivity contribution < 1.29 is 13.9 Å². The maximum absolute atomic E-state index is 11.7. The van der Waals surface area contributed by atoms with E-state index < -0.39 is 0 Å². The molecule has 1 saturated heterocycles. The number of methoxy groups -OCH3 is 1. The van der Waals surface area contributed by atoms with Crippen molar-refractivity contribution in [2.24, 2.45) is 0 Å². The molecule has 1 amide bonds. The fourth-order valence-corrected chi connectivity index (χ4v) is 1.64. The van der Waals surface area contributed by atoms with Gasteiger partial charge in [-0.25, -0.2) is 0 Å². The number of hydrogen-bond donors (Lipinski definition) is 0. The molecule has 0 unspecified atom stereocenters. The second-order valence-electron chi connectivity index (χ2n) is 3.17. The lowest BCUT2D eigenvalue weighted by Gasteiger charge is -2.37. The summed E-state index contributed by atoms with van der Waals surface area (Å²) in [7, 11) is 1.65. The van der Waals surface area contributed by atoms with Crippen LogP contribution in [0, 0.1) is 0 Å². The van der Waals surface area contributed by atoms with Gasteiger partial charge in [0.25, 0.3) is 5.91 Å². The van der Waals surface area contributed by atoms with Gasteiger partial charge in [-0.3, -0.25) is 4.79 Å². The van der Waals surface area contributed by atoms with Crippen LogP contribution in [0.25, 0.3) is 0 Å². The highest BCUT2D eigenvalue weighted by molar-refractivity contribution is 9.10. The summed E-state index contributed by atoms with van der Waals surface area (Å²) >= 11 is 3.15. The van der Waals surface area contributed by atoms with Gasteiger partial charge in [-0.1, -0.05) is 0 Å². The van der Waals surface area contributed by atoms with Crippen LogP contribution in [-0.4, -0.2) is 37.1 Å². The van der Waals surface area contributed by atoms with Crippen LogP contribution in [0.2, 0.25) is 0 Å². The van der Waals surface area contributed by atoms with E-state index in [9.17, 15) is 4.79 Å². The van der Waals surface area contributed by atoms with E-state index in [1.54, 1.807) is 24.1 Å². The van der Waals surface area contributed by atoms with E-state index in [1.807, 2.05) is 0 Å². The van der Waals surface area contributed by atoms with E-state index >= 15 is 0 Å². The molecule has 4 nitrogen and oxygen atoms in total. The normalized spacial score (nSPS) is 16.9. The lowest BCUT2D eigenvalue weighted by atomic mass is 10.1. The van der Waals surface area contributed by atoms with Gasteiger partial charge >= 0.3 is 0 Å². The predicted octanol–water partition coefficient (Wildman–Crippen LogP) is 1.51. The zero-order valence-corrected chi connectivity index (χ0v) is 9.28. The van der Waals surface area contributed by atoms with Gasteiger partial charge in [0, 0.05) is 20.2 Å². The second kappa shape index (κ2) is 3.74. The lowest BCUT2D eigenvalue weighted by Crippen LogP contribution is -2.54. The van der Waals surface area contributed by atoms with E-state index in [-0.39, 0.29) is 12.0 Å². The van der Waals surface area contributed by atoms with Crippen LogP contribution < -0.4 is 0 Å². The molecule has 1 aromatic heterocycles. The number of hydrogen-bond acceptors (Lipinski definition) is 3. The highest BCUT2D eigenvalue weighted by Gasteiger charge is 2.32. The minimum atomic E-state index is -0.0796. The number of nitrogens with zero attached hydrogens (tertiary/aromatic N) is 1. The summed E-state index contributed by atoms with van der Waals surface area (Å²) in [5.74, 6) is 0.287. The lowest BCUT2D eigenvalue weighted by molar-refractivity contribution is -0.0206. The maximum atomic E-state index is 11.7. The number of rotatable bonds is 2. The fraction of sp³-hybridized carbons (Fsp3) is 0.444. The Hall–Kier alpha value is -0.810. The third kappa shape index (κ3) is 1.69. The molecule has 5 heteroatoms. The molecule has 0 aromatic carbocycles. The van der Waals surface area contributed by atoms with Crippen LogP contribution in [-0.2, 0) is 4.74 Å². The number of carbonyl (C=O) groups excluding carboxylic acids is 1. The number of carbonyl (C=O) groups is 1. The Bertz CT molecular complexity index is 344. The van der Waals surface area contributed by atoms with E-state index in [1.165, 1.54) is 0 Å². The van der Waals surface area contributed by atoms with Crippen molar-refractivity contribution in [2.45, 2.75) is 6.10 Å². The van der Waals surface area contributed by atoms with Gasteiger partial charge in [0.1, 0.15) is 0 Å². The minimum absolute atomic E-state index is 0.0796. The van der Waals surface area contributed by atoms with Gasteiger partial charge in [0.15, 0.2) is 10.4 Å². The summed E-state index contributed by atoms with van der Waals surface area (Å²) < 4.78 is 10.8. The maximum Gasteiger partial charge on any atom is 0.289 e. The van der Waals surface area contributed by atoms with Crippen LogP contribution in [0.3, 0.4) is 0 Å². The zero-order valence-electron chi connectivity index (χ0n) is 7.70. The number of halogens is 1. The Balaban J connectivity index is 1.97. The molecule has 0 N–H and O–H groups in total. The topological polar surface area (TPSA) is 42.7 Å². The first kappa shape index (κ1) is 9.73. The molecule has 14 heavy (non-hydrogen) atoms. The van der Waals surface area contributed by atoms with Gasteiger partial charge in [-0.05, 0) is 28.1 Å². The van der Waals surface area contributed by atoms with Gasteiger partial charge in [0.05, 0.1) is 6.10 Å². The molecule has 2 heterocycles. The third-order valence-corrected chi connectivity index (χ3v) is 2.68. The van der Waals surface area contributed by atoms with Crippen molar-refractivity contribution in [1.29, 1.82) is 0 Å². The van der Waals surface area contributed by atoms with Gasteiger partial charge in [-0.2, -0.15) is 0 Å². The smallest absolute Gasteiger partial charge is 0.289 e. The first-order valence-corrected chi connectivity index (χ1v) is 5.07. The van der Waals surface area contributed by atoms with Crippen molar-refractivity contribution in [3.05, 3.63) is 22.6 Å². The molecule has 0 spiro atoms. The summed E-state index contributed by atoms with van der Waals surface area (Å²) in [6.45, 7) is 1.29. The summed E-state index contributed by atoms with van der Waals surface area (Å²) in [5.41, 5.74) is 0. The Morgan fingerprint density at radius 3 is 2.86 bits per heavy atom. The molecule has 76 valence electrons. The summed E-state index contributed by atoms with van der Waals surface area (Å²) in [5, 5.41) is 0. The van der Waals surface area contributed by atoms with Crippen LogP contribution >= 0.6 is 15.9 Å². The van der Waals surface area contributed by atoms with Gasteiger partial charge in [-0.15, -0.1) is 0 Å². The molecule has 0 atom stereocenters. The molecule has 0 bridgehead atoms. The summed E-state index contributed by atoms with van der Waals surface area (Å²) in [4.78, 5) is 13.4. The van der Waals surface area contributed by atoms with Crippen LogP contribution in [0.15, 0.2) is 21.2 Å². The Morgan fingerprint density at radius 1 is 1.64 bits per heavy atom. The molecule has 1 aliphatic heterocycles. The van der Waals surface area contributed by atoms with Crippen molar-refractivity contribution in [2.75, 3.05) is 20.2 Å². The summed E-state index contributed by atoms with van der Waals surface area (Å²) in [6, 6.07) is 3.37. The molecule has 1 aliphatic rings. The van der Waals surface area contributed by atoms with E-state index in [0.717, 1.165) is 0 Å². The number of amides is 1. The average Bonchev–Trinajstić information content (AvgIpc) is 2.49. The quantitative estimate of drug-likeness (QED) is 0.809. The zero-order chi connectivity index (χ0) is 10.1. The first-order valence-electron chi connectivity index (χ1n) is 4.28. The Kier molecular flexibility index (Phi) is 2.60. The van der Waals surface area contributed by atoms with Gasteiger partial charge < -0.3 is 14.1 Å². The molecule has 0 radical (unpaired) electrons. The highest BCUT2D eigenvalue weighted by Crippen LogP contribution is 2.19. The first-order chi connectivity index (χ1) is 6.70.